The van der Waals surface area contributed by atoms with E-state index in [4.69, 9.17) is 4.74 Å². The van der Waals surface area contributed by atoms with E-state index in [1.165, 1.54) is 0 Å². The first kappa shape index (κ1) is 13.0. The Morgan fingerprint density at radius 1 is 1.33 bits per heavy atom. The normalized spacial score (nSPS) is 10.5. The zero-order valence-corrected chi connectivity index (χ0v) is 11.2. The number of H-pyrrole nitrogens is 1. The summed E-state index contributed by atoms with van der Waals surface area (Å²) in [5.74, 6) is -0.135. The van der Waals surface area contributed by atoms with Gasteiger partial charge in [0.05, 0.1) is 17.7 Å². The Balaban J connectivity index is 1.86. The maximum absolute atomic E-state index is 12.3. The van der Waals surface area contributed by atoms with Gasteiger partial charge in [-0.3, -0.25) is 20.1 Å². The van der Waals surface area contributed by atoms with Crippen LogP contribution < -0.4 is 10.1 Å². The minimum Gasteiger partial charge on any atom is -0.463 e. The molecule has 1 aromatic carbocycles. The van der Waals surface area contributed by atoms with E-state index in [2.05, 4.69) is 30.5 Å². The summed E-state index contributed by atoms with van der Waals surface area (Å²) in [6, 6.07) is 5.40. The molecule has 1 amide bonds. The zero-order chi connectivity index (χ0) is 14.7. The molecule has 2 heterocycles. The second-order valence-electron chi connectivity index (χ2n) is 4.08. The number of hydrogen-bond donors (Lipinski definition) is 2. The lowest BCUT2D eigenvalue weighted by Crippen LogP contribution is -2.14. The van der Waals surface area contributed by atoms with Gasteiger partial charge >= 0.3 is 6.01 Å². The Morgan fingerprint density at radius 2 is 2.19 bits per heavy atom. The third kappa shape index (κ3) is 2.64. The largest absolute Gasteiger partial charge is 0.463 e. The van der Waals surface area contributed by atoms with Crippen molar-refractivity contribution in [2.45, 2.75) is 6.92 Å². The standard InChI is InChI=1S/C13H12N6O2/c1-2-21-13-17-12(18-19-13)16-11(20)8-4-3-5-9-10(8)15-7-6-14-9/h3-7H,2H2,1H3,(H2,16,17,18,19,20). The van der Waals surface area contributed by atoms with Gasteiger partial charge in [0.2, 0.25) is 5.95 Å². The summed E-state index contributed by atoms with van der Waals surface area (Å²) in [4.78, 5) is 24.6. The summed E-state index contributed by atoms with van der Waals surface area (Å²) in [5.41, 5.74) is 1.59. The molecule has 0 fully saturated rings. The molecule has 3 rings (SSSR count). The van der Waals surface area contributed by atoms with Crippen molar-refractivity contribution < 1.29 is 9.53 Å². The summed E-state index contributed by atoms with van der Waals surface area (Å²) >= 11 is 0. The minimum absolute atomic E-state index is 0.186. The third-order valence-electron chi connectivity index (χ3n) is 2.71. The summed E-state index contributed by atoms with van der Waals surface area (Å²) in [7, 11) is 0. The number of aromatic amines is 1. The van der Waals surface area contributed by atoms with Crippen LogP contribution in [0.15, 0.2) is 30.6 Å². The molecule has 0 unspecified atom stereocenters. The van der Waals surface area contributed by atoms with Crippen molar-refractivity contribution in [2.24, 2.45) is 0 Å². The molecule has 8 heteroatoms. The van der Waals surface area contributed by atoms with Crippen LogP contribution in [0.1, 0.15) is 17.3 Å². The van der Waals surface area contributed by atoms with Crippen LogP contribution in [0.2, 0.25) is 0 Å². The maximum Gasteiger partial charge on any atom is 0.337 e. The number of nitrogens with zero attached hydrogens (tertiary/aromatic N) is 4. The van der Waals surface area contributed by atoms with Gasteiger partial charge in [-0.05, 0) is 19.1 Å². The van der Waals surface area contributed by atoms with Crippen molar-refractivity contribution in [3.63, 3.8) is 0 Å². The van der Waals surface area contributed by atoms with Crippen molar-refractivity contribution >= 4 is 22.9 Å². The molecule has 106 valence electrons. The molecule has 2 N–H and O–H groups in total. The first-order chi connectivity index (χ1) is 10.3. The van der Waals surface area contributed by atoms with Crippen LogP contribution in [-0.2, 0) is 0 Å². The van der Waals surface area contributed by atoms with Gasteiger partial charge in [0.15, 0.2) is 0 Å². The molecule has 0 atom stereocenters. The van der Waals surface area contributed by atoms with Crippen LogP contribution in [0.5, 0.6) is 6.01 Å². The fourth-order valence-corrected chi connectivity index (χ4v) is 1.85. The lowest BCUT2D eigenvalue weighted by Gasteiger charge is -2.04. The van der Waals surface area contributed by atoms with Crippen LogP contribution in [0.4, 0.5) is 5.95 Å². The molecular weight excluding hydrogens is 272 g/mol. The number of hydrogen-bond acceptors (Lipinski definition) is 6. The molecule has 3 aromatic rings. The van der Waals surface area contributed by atoms with E-state index in [-0.39, 0.29) is 17.9 Å². The molecule has 0 radical (unpaired) electrons. The summed E-state index contributed by atoms with van der Waals surface area (Å²) in [5, 5.41) is 9.01. The Kier molecular flexibility index (Phi) is 3.42. The van der Waals surface area contributed by atoms with Gasteiger partial charge in [-0.1, -0.05) is 6.07 Å². The van der Waals surface area contributed by atoms with Gasteiger partial charge < -0.3 is 4.74 Å². The predicted molar refractivity (Wildman–Crippen MR) is 75.0 cm³/mol. The lowest BCUT2D eigenvalue weighted by molar-refractivity contribution is 0.102. The van der Waals surface area contributed by atoms with E-state index in [1.807, 2.05) is 6.92 Å². The van der Waals surface area contributed by atoms with E-state index in [9.17, 15) is 4.79 Å². The summed E-state index contributed by atoms with van der Waals surface area (Å²) in [6.07, 6.45) is 3.12. The number of aromatic nitrogens is 5. The van der Waals surface area contributed by atoms with Crippen LogP contribution >= 0.6 is 0 Å². The topological polar surface area (TPSA) is 106 Å². The van der Waals surface area contributed by atoms with Crippen molar-refractivity contribution in [2.75, 3.05) is 11.9 Å². The Labute approximate surface area is 119 Å². The molecular formula is C13H12N6O2. The van der Waals surface area contributed by atoms with E-state index in [0.717, 1.165) is 0 Å². The lowest BCUT2D eigenvalue weighted by atomic mass is 10.1. The Bertz CT molecular complexity index is 780. The summed E-state index contributed by atoms with van der Waals surface area (Å²) < 4.78 is 5.12. The maximum atomic E-state index is 12.3. The number of benzene rings is 1. The SMILES string of the molecule is CCOc1n[nH]c(NC(=O)c2cccc3nccnc23)n1. The van der Waals surface area contributed by atoms with Crippen LogP contribution in [0, 0.1) is 0 Å². The number of amides is 1. The van der Waals surface area contributed by atoms with E-state index in [1.54, 1.807) is 30.6 Å². The van der Waals surface area contributed by atoms with Gasteiger partial charge in [-0.2, -0.15) is 4.98 Å². The van der Waals surface area contributed by atoms with Crippen molar-refractivity contribution in [1.29, 1.82) is 0 Å². The second-order valence-corrected chi connectivity index (χ2v) is 4.08. The van der Waals surface area contributed by atoms with Crippen molar-refractivity contribution in [3.05, 3.63) is 36.2 Å². The zero-order valence-electron chi connectivity index (χ0n) is 11.2. The molecule has 0 aliphatic heterocycles. The van der Waals surface area contributed by atoms with E-state index in [0.29, 0.717) is 23.2 Å². The number of ether oxygens (including phenoxy) is 1. The number of anilines is 1. The van der Waals surface area contributed by atoms with Gasteiger partial charge in [0.1, 0.15) is 5.52 Å². The second kappa shape index (κ2) is 5.53. The van der Waals surface area contributed by atoms with E-state index < -0.39 is 0 Å². The van der Waals surface area contributed by atoms with Crippen molar-refractivity contribution in [1.82, 2.24) is 25.1 Å². The highest BCUT2D eigenvalue weighted by molar-refractivity contribution is 6.10. The van der Waals surface area contributed by atoms with Gasteiger partial charge in [-0.15, -0.1) is 5.10 Å². The molecule has 2 aromatic heterocycles. The monoisotopic (exact) mass is 284 g/mol. The number of nitrogens with one attached hydrogen (secondary N) is 2. The fourth-order valence-electron chi connectivity index (χ4n) is 1.85. The number of rotatable bonds is 4. The highest BCUT2D eigenvalue weighted by atomic mass is 16.5. The first-order valence-electron chi connectivity index (χ1n) is 6.34. The highest BCUT2D eigenvalue weighted by Crippen LogP contribution is 2.15. The molecule has 0 saturated heterocycles. The molecule has 0 spiro atoms. The molecule has 21 heavy (non-hydrogen) atoms. The van der Waals surface area contributed by atoms with Crippen molar-refractivity contribution in [3.8, 4) is 6.01 Å². The van der Waals surface area contributed by atoms with Crippen LogP contribution in [0.3, 0.4) is 0 Å². The number of carbonyl (C=O) groups is 1. The molecule has 0 saturated carbocycles. The molecule has 8 nitrogen and oxygen atoms in total. The number of fused-ring (bicyclic) bond motifs is 1. The third-order valence-corrected chi connectivity index (χ3v) is 2.71. The Morgan fingerprint density at radius 3 is 3.05 bits per heavy atom. The summed E-state index contributed by atoms with van der Waals surface area (Å²) in [6.45, 7) is 2.27. The number of para-hydroxylation sites is 1. The predicted octanol–water partition coefficient (Wildman–Crippen LogP) is 1.40. The number of carbonyl (C=O) groups excluding carboxylic acids is 1. The molecule has 0 aliphatic carbocycles. The first-order valence-corrected chi connectivity index (χ1v) is 6.34. The van der Waals surface area contributed by atoms with Gasteiger partial charge in [-0.25, -0.2) is 5.10 Å². The van der Waals surface area contributed by atoms with E-state index >= 15 is 0 Å². The average Bonchev–Trinajstić information content (AvgIpc) is 2.94. The Hall–Kier alpha value is -3.03. The smallest absolute Gasteiger partial charge is 0.337 e. The molecule has 0 aliphatic rings. The quantitative estimate of drug-likeness (QED) is 0.750. The minimum atomic E-state index is -0.347. The fraction of sp³-hybridized carbons (Fsp3) is 0.154. The molecule has 0 bridgehead atoms. The highest BCUT2D eigenvalue weighted by Gasteiger charge is 2.13. The van der Waals surface area contributed by atoms with Gasteiger partial charge in [0.25, 0.3) is 5.91 Å². The average molecular weight is 284 g/mol. The van der Waals surface area contributed by atoms with Gasteiger partial charge in [0, 0.05) is 12.4 Å². The van der Waals surface area contributed by atoms with Crippen LogP contribution in [-0.4, -0.2) is 37.7 Å². The van der Waals surface area contributed by atoms with Crippen LogP contribution in [0.25, 0.3) is 11.0 Å².